The molecular formula is C15H19F2N3O. The number of rotatable bonds is 5. The van der Waals surface area contributed by atoms with Crippen LogP contribution in [0.5, 0.6) is 5.75 Å². The zero-order valence-corrected chi connectivity index (χ0v) is 12.3. The van der Waals surface area contributed by atoms with Gasteiger partial charge in [-0.05, 0) is 39.0 Å². The van der Waals surface area contributed by atoms with Gasteiger partial charge in [0.2, 0.25) is 0 Å². The van der Waals surface area contributed by atoms with Gasteiger partial charge in [-0.3, -0.25) is 0 Å². The Bertz CT molecular complexity index is 591. The molecule has 1 N–H and O–H groups in total. The van der Waals surface area contributed by atoms with Crippen molar-refractivity contribution in [1.29, 1.82) is 0 Å². The van der Waals surface area contributed by atoms with Gasteiger partial charge >= 0.3 is 6.61 Å². The minimum atomic E-state index is -2.86. The topological polar surface area (TPSA) is 39.1 Å². The molecule has 0 aliphatic heterocycles. The minimum absolute atomic E-state index is 0.0134. The largest absolute Gasteiger partial charge is 0.433 e. The van der Waals surface area contributed by atoms with Gasteiger partial charge < -0.3 is 10.1 Å². The average Bonchev–Trinajstić information content (AvgIpc) is 2.84. The van der Waals surface area contributed by atoms with Crippen molar-refractivity contribution in [1.82, 2.24) is 15.1 Å². The zero-order chi connectivity index (χ0) is 15.5. The summed E-state index contributed by atoms with van der Waals surface area (Å²) in [5, 5.41) is 7.70. The fraction of sp³-hybridized carbons (Fsp3) is 0.400. The highest BCUT2D eigenvalue weighted by Gasteiger charge is 2.13. The van der Waals surface area contributed by atoms with E-state index in [4.69, 9.17) is 0 Å². The van der Waals surface area contributed by atoms with Crippen LogP contribution in [0.1, 0.15) is 26.5 Å². The maximum Gasteiger partial charge on any atom is 0.387 e. The SMILES string of the molecule is CC(C)(C)NCc1ccn(-c2ccccc2OC(F)F)n1. The van der Waals surface area contributed by atoms with Crippen LogP contribution in [0, 0.1) is 0 Å². The predicted octanol–water partition coefficient (Wildman–Crippen LogP) is 3.36. The number of para-hydroxylation sites is 2. The Morgan fingerprint density at radius 3 is 2.62 bits per heavy atom. The Morgan fingerprint density at radius 1 is 1.24 bits per heavy atom. The van der Waals surface area contributed by atoms with Crippen molar-refractivity contribution < 1.29 is 13.5 Å². The van der Waals surface area contributed by atoms with Crippen LogP contribution in [0.2, 0.25) is 0 Å². The molecule has 0 saturated heterocycles. The third-order valence-corrected chi connectivity index (χ3v) is 2.77. The summed E-state index contributed by atoms with van der Waals surface area (Å²) in [5.41, 5.74) is 1.30. The van der Waals surface area contributed by atoms with E-state index in [-0.39, 0.29) is 11.3 Å². The third kappa shape index (κ3) is 4.53. The van der Waals surface area contributed by atoms with Crippen molar-refractivity contribution in [2.24, 2.45) is 0 Å². The Morgan fingerprint density at radius 2 is 1.95 bits per heavy atom. The molecule has 0 aliphatic carbocycles. The molecule has 0 atom stereocenters. The van der Waals surface area contributed by atoms with Crippen molar-refractivity contribution in [2.75, 3.05) is 0 Å². The van der Waals surface area contributed by atoms with E-state index in [1.807, 2.05) is 6.07 Å². The first kappa shape index (κ1) is 15.4. The number of halogens is 2. The van der Waals surface area contributed by atoms with E-state index < -0.39 is 6.61 Å². The van der Waals surface area contributed by atoms with E-state index in [0.29, 0.717) is 12.2 Å². The van der Waals surface area contributed by atoms with Crippen molar-refractivity contribution >= 4 is 0 Å². The molecule has 0 fully saturated rings. The molecule has 21 heavy (non-hydrogen) atoms. The van der Waals surface area contributed by atoms with Crippen LogP contribution in [-0.4, -0.2) is 21.9 Å². The van der Waals surface area contributed by atoms with Crippen LogP contribution in [0.25, 0.3) is 5.69 Å². The summed E-state index contributed by atoms with van der Waals surface area (Å²) < 4.78 is 30.9. The standard InChI is InChI=1S/C15H19F2N3O/c1-15(2,3)18-10-11-8-9-20(19-11)12-6-4-5-7-13(12)21-14(16)17/h4-9,14,18H,10H2,1-3H3. The highest BCUT2D eigenvalue weighted by molar-refractivity contribution is 5.46. The van der Waals surface area contributed by atoms with Gasteiger partial charge in [0.05, 0.1) is 5.69 Å². The van der Waals surface area contributed by atoms with Gasteiger partial charge in [0.25, 0.3) is 0 Å². The molecule has 1 heterocycles. The molecule has 0 bridgehead atoms. The maximum atomic E-state index is 12.4. The number of ether oxygens (including phenoxy) is 1. The van der Waals surface area contributed by atoms with E-state index in [2.05, 4.69) is 35.9 Å². The molecule has 2 rings (SSSR count). The number of alkyl halides is 2. The smallest absolute Gasteiger partial charge is 0.387 e. The van der Waals surface area contributed by atoms with E-state index >= 15 is 0 Å². The summed E-state index contributed by atoms with van der Waals surface area (Å²) in [6.45, 7) is 3.94. The Labute approximate surface area is 122 Å². The van der Waals surface area contributed by atoms with Crippen LogP contribution in [0.4, 0.5) is 8.78 Å². The molecule has 6 heteroatoms. The molecule has 0 aliphatic rings. The fourth-order valence-corrected chi connectivity index (χ4v) is 1.79. The maximum absolute atomic E-state index is 12.4. The highest BCUT2D eigenvalue weighted by atomic mass is 19.3. The summed E-state index contributed by atoms with van der Waals surface area (Å²) in [6.07, 6.45) is 1.73. The Balaban J connectivity index is 2.18. The van der Waals surface area contributed by atoms with Crippen LogP contribution < -0.4 is 10.1 Å². The van der Waals surface area contributed by atoms with Crippen molar-refractivity contribution in [2.45, 2.75) is 39.5 Å². The van der Waals surface area contributed by atoms with Gasteiger partial charge in [0, 0.05) is 18.3 Å². The number of nitrogens with one attached hydrogen (secondary N) is 1. The molecule has 1 aromatic carbocycles. The van der Waals surface area contributed by atoms with Gasteiger partial charge in [-0.2, -0.15) is 13.9 Å². The predicted molar refractivity (Wildman–Crippen MR) is 76.8 cm³/mol. The summed E-state index contributed by atoms with van der Waals surface area (Å²) in [5.74, 6) is 0.103. The van der Waals surface area contributed by atoms with Crippen LogP contribution in [0.3, 0.4) is 0 Å². The molecule has 0 saturated carbocycles. The molecule has 0 amide bonds. The van der Waals surface area contributed by atoms with Gasteiger partial charge in [0.15, 0.2) is 5.75 Å². The molecule has 0 unspecified atom stereocenters. The van der Waals surface area contributed by atoms with E-state index in [0.717, 1.165) is 5.69 Å². The van der Waals surface area contributed by atoms with E-state index in [1.165, 1.54) is 10.7 Å². The molecule has 0 spiro atoms. The number of nitrogens with zero attached hydrogens (tertiary/aromatic N) is 2. The van der Waals surface area contributed by atoms with Gasteiger partial charge in [-0.25, -0.2) is 4.68 Å². The number of hydrogen-bond donors (Lipinski definition) is 1. The number of hydrogen-bond acceptors (Lipinski definition) is 3. The molecule has 0 radical (unpaired) electrons. The first-order chi connectivity index (χ1) is 9.85. The lowest BCUT2D eigenvalue weighted by Gasteiger charge is -2.19. The van der Waals surface area contributed by atoms with Crippen LogP contribution >= 0.6 is 0 Å². The summed E-state index contributed by atoms with van der Waals surface area (Å²) in [4.78, 5) is 0. The number of benzene rings is 1. The summed E-state index contributed by atoms with van der Waals surface area (Å²) in [6, 6.07) is 8.43. The van der Waals surface area contributed by atoms with Crippen LogP contribution in [0.15, 0.2) is 36.5 Å². The lowest BCUT2D eigenvalue weighted by Crippen LogP contribution is -2.35. The van der Waals surface area contributed by atoms with E-state index in [9.17, 15) is 8.78 Å². The second-order valence-corrected chi connectivity index (χ2v) is 5.70. The highest BCUT2D eigenvalue weighted by Crippen LogP contribution is 2.23. The van der Waals surface area contributed by atoms with Gasteiger partial charge in [-0.1, -0.05) is 12.1 Å². The Kier molecular flexibility index (Phi) is 4.57. The monoisotopic (exact) mass is 295 g/mol. The molecule has 114 valence electrons. The summed E-state index contributed by atoms with van der Waals surface area (Å²) in [7, 11) is 0. The zero-order valence-electron chi connectivity index (χ0n) is 12.3. The molecular weight excluding hydrogens is 276 g/mol. The van der Waals surface area contributed by atoms with Gasteiger partial charge in [-0.15, -0.1) is 0 Å². The van der Waals surface area contributed by atoms with Gasteiger partial charge in [0.1, 0.15) is 5.69 Å². The minimum Gasteiger partial charge on any atom is -0.433 e. The molecule has 2 aromatic rings. The van der Waals surface area contributed by atoms with Crippen molar-refractivity contribution in [3.8, 4) is 11.4 Å². The first-order valence-corrected chi connectivity index (χ1v) is 6.69. The second kappa shape index (κ2) is 6.22. The lowest BCUT2D eigenvalue weighted by atomic mass is 10.1. The summed E-state index contributed by atoms with van der Waals surface area (Å²) >= 11 is 0. The average molecular weight is 295 g/mol. The molecule has 4 nitrogen and oxygen atoms in total. The normalized spacial score (nSPS) is 11.9. The first-order valence-electron chi connectivity index (χ1n) is 6.69. The number of aromatic nitrogens is 2. The lowest BCUT2D eigenvalue weighted by molar-refractivity contribution is -0.0499. The van der Waals surface area contributed by atoms with Crippen molar-refractivity contribution in [3.05, 3.63) is 42.2 Å². The second-order valence-electron chi connectivity index (χ2n) is 5.70. The van der Waals surface area contributed by atoms with E-state index in [1.54, 1.807) is 24.4 Å². The quantitative estimate of drug-likeness (QED) is 0.919. The molecule has 1 aromatic heterocycles. The fourth-order valence-electron chi connectivity index (χ4n) is 1.79. The third-order valence-electron chi connectivity index (χ3n) is 2.77. The Hall–Kier alpha value is -1.95. The van der Waals surface area contributed by atoms with Crippen molar-refractivity contribution in [3.63, 3.8) is 0 Å². The van der Waals surface area contributed by atoms with Crippen LogP contribution in [-0.2, 0) is 6.54 Å².